The number of halogens is 3. The first-order valence-corrected chi connectivity index (χ1v) is 10.8. The second-order valence-corrected chi connectivity index (χ2v) is 8.69. The number of ether oxygens (including phenoxy) is 2. The predicted octanol–water partition coefficient (Wildman–Crippen LogP) is 3.96. The minimum Gasteiger partial charge on any atom is -0.457 e. The molecule has 1 saturated heterocycles. The van der Waals surface area contributed by atoms with Gasteiger partial charge in [0, 0.05) is 6.42 Å². The van der Waals surface area contributed by atoms with Crippen molar-refractivity contribution in [2.24, 2.45) is 11.8 Å². The quantitative estimate of drug-likeness (QED) is 0.443. The minimum atomic E-state index is -4.21. The molecule has 1 aliphatic carbocycles. The molecule has 4 atom stereocenters. The lowest BCUT2D eigenvalue weighted by Gasteiger charge is -2.30. The van der Waals surface area contributed by atoms with E-state index in [0.717, 1.165) is 0 Å². The summed E-state index contributed by atoms with van der Waals surface area (Å²) >= 11 is 0. The van der Waals surface area contributed by atoms with E-state index in [0.29, 0.717) is 12.1 Å². The monoisotopic (exact) mass is 455 g/mol. The third kappa shape index (κ3) is 4.69. The number of esters is 1. The number of aromatic amines is 1. The number of hydrogen-bond acceptors (Lipinski definition) is 6. The number of aromatic nitrogens is 1. The van der Waals surface area contributed by atoms with Crippen LogP contribution in [0, 0.1) is 28.6 Å². The molecule has 1 saturated carbocycles. The molecular weight excluding hydrogens is 427 g/mol. The van der Waals surface area contributed by atoms with Gasteiger partial charge in [-0.15, -0.1) is 0 Å². The van der Waals surface area contributed by atoms with Gasteiger partial charge in [-0.3, -0.25) is 4.79 Å². The Bertz CT molecular complexity index is 886. The number of rotatable bonds is 6. The fourth-order valence-corrected chi connectivity index (χ4v) is 4.60. The summed E-state index contributed by atoms with van der Waals surface area (Å²) in [6.45, 7) is 3.34. The summed E-state index contributed by atoms with van der Waals surface area (Å²) in [6.07, 6.45) is -6.61. The molecule has 0 aromatic carbocycles. The molecule has 3 N–H and O–H groups in total. The number of hydrogen-bond donors (Lipinski definition) is 3. The molecule has 1 aromatic heterocycles. The van der Waals surface area contributed by atoms with Crippen LogP contribution in [0.4, 0.5) is 13.2 Å². The zero-order valence-corrected chi connectivity index (χ0v) is 18.0. The molecular formula is C22H28F3N3O4. The van der Waals surface area contributed by atoms with Crippen LogP contribution >= 0.6 is 0 Å². The Kier molecular flexibility index (Phi) is 7.00. The minimum absolute atomic E-state index is 0.00662. The molecule has 7 nitrogen and oxygen atoms in total. The van der Waals surface area contributed by atoms with Crippen LogP contribution in [-0.4, -0.2) is 46.3 Å². The molecule has 3 rings (SSSR count). The van der Waals surface area contributed by atoms with Crippen molar-refractivity contribution in [2.75, 3.05) is 0 Å². The van der Waals surface area contributed by atoms with Gasteiger partial charge >= 0.3 is 12.1 Å². The lowest BCUT2D eigenvalue weighted by atomic mass is 9.80. The van der Waals surface area contributed by atoms with Gasteiger partial charge in [-0.25, -0.2) is 0 Å². The van der Waals surface area contributed by atoms with Gasteiger partial charge in [-0.05, 0) is 57.1 Å². The van der Waals surface area contributed by atoms with E-state index < -0.39 is 42.0 Å². The van der Waals surface area contributed by atoms with Crippen molar-refractivity contribution in [2.45, 2.75) is 82.5 Å². The number of nitrogens with one attached hydrogen (secondary N) is 2. The Morgan fingerprint density at radius 3 is 2.53 bits per heavy atom. The second-order valence-electron chi connectivity index (χ2n) is 8.69. The van der Waals surface area contributed by atoms with Gasteiger partial charge in [-0.2, -0.15) is 18.4 Å². The molecule has 1 aromatic rings. The van der Waals surface area contributed by atoms with Crippen molar-refractivity contribution in [1.82, 2.24) is 4.98 Å². The number of carbonyl (C=O) groups is 1. The van der Waals surface area contributed by atoms with Crippen molar-refractivity contribution in [1.29, 1.82) is 10.7 Å². The van der Waals surface area contributed by atoms with E-state index in [-0.39, 0.29) is 49.4 Å². The Morgan fingerprint density at radius 2 is 2.03 bits per heavy atom. The van der Waals surface area contributed by atoms with Crippen LogP contribution in [-0.2, 0) is 19.9 Å². The molecule has 0 bridgehead atoms. The van der Waals surface area contributed by atoms with Gasteiger partial charge in [0.05, 0.1) is 29.1 Å². The summed E-state index contributed by atoms with van der Waals surface area (Å²) in [7, 11) is 0. The van der Waals surface area contributed by atoms with E-state index in [9.17, 15) is 28.3 Å². The fraction of sp³-hybridized carbons (Fsp3) is 0.682. The number of aliphatic hydroxyl groups excluding tert-OH is 1. The molecule has 10 heteroatoms. The zero-order chi connectivity index (χ0) is 23.7. The molecule has 2 fully saturated rings. The number of aliphatic hydroxyl groups is 1. The van der Waals surface area contributed by atoms with E-state index in [4.69, 9.17) is 14.9 Å². The van der Waals surface area contributed by atoms with Gasteiger partial charge in [0.1, 0.15) is 12.2 Å². The summed E-state index contributed by atoms with van der Waals surface area (Å²) in [5.41, 5.74) is -0.818. The van der Waals surface area contributed by atoms with E-state index >= 15 is 0 Å². The number of H-pyrrole nitrogens is 1. The second kappa shape index (κ2) is 9.24. The summed E-state index contributed by atoms with van der Waals surface area (Å²) < 4.78 is 49.9. The van der Waals surface area contributed by atoms with Gasteiger partial charge < -0.3 is 25.0 Å². The third-order valence-corrected chi connectivity index (χ3v) is 6.52. The van der Waals surface area contributed by atoms with Crippen molar-refractivity contribution >= 4 is 11.7 Å². The normalized spacial score (nSPS) is 33.0. The topological polar surface area (TPSA) is 119 Å². The Morgan fingerprint density at radius 1 is 1.38 bits per heavy atom. The average Bonchev–Trinajstić information content (AvgIpc) is 3.33. The number of nitriles is 1. The first kappa shape index (κ1) is 24.3. The van der Waals surface area contributed by atoms with Crippen molar-refractivity contribution < 1.29 is 32.5 Å². The maximum absolute atomic E-state index is 12.8. The maximum atomic E-state index is 12.8. The highest BCUT2D eigenvalue weighted by molar-refractivity contribution is 5.94. The smallest absolute Gasteiger partial charge is 0.391 e. The van der Waals surface area contributed by atoms with Gasteiger partial charge in [0.15, 0.2) is 6.10 Å². The molecule has 32 heavy (non-hydrogen) atoms. The lowest BCUT2D eigenvalue weighted by molar-refractivity contribution is -0.184. The average molecular weight is 455 g/mol. The van der Waals surface area contributed by atoms with Gasteiger partial charge in [0.25, 0.3) is 0 Å². The van der Waals surface area contributed by atoms with Crippen LogP contribution in [0.1, 0.15) is 63.8 Å². The highest BCUT2D eigenvalue weighted by Gasteiger charge is 2.58. The van der Waals surface area contributed by atoms with Crippen molar-refractivity contribution in [3.05, 3.63) is 23.5 Å². The summed E-state index contributed by atoms with van der Waals surface area (Å²) in [5.74, 6) is -2.15. The molecule has 0 unspecified atom stereocenters. The van der Waals surface area contributed by atoms with Crippen LogP contribution in [0.15, 0.2) is 12.1 Å². The van der Waals surface area contributed by atoms with Gasteiger partial charge in [0.2, 0.25) is 5.60 Å². The fourth-order valence-electron chi connectivity index (χ4n) is 4.60. The highest BCUT2D eigenvalue weighted by atomic mass is 19.4. The van der Waals surface area contributed by atoms with E-state index in [2.05, 4.69) is 4.98 Å². The number of alkyl halides is 3. The van der Waals surface area contributed by atoms with Crippen LogP contribution in [0.3, 0.4) is 0 Å². The molecule has 0 radical (unpaired) electrons. The molecule has 0 spiro atoms. The molecule has 2 heterocycles. The summed E-state index contributed by atoms with van der Waals surface area (Å²) in [6, 6.07) is 5.14. The van der Waals surface area contributed by atoms with Crippen molar-refractivity contribution in [3.8, 4) is 6.07 Å². The third-order valence-electron chi connectivity index (χ3n) is 6.52. The Balaban J connectivity index is 1.67. The largest absolute Gasteiger partial charge is 0.457 e. The summed E-state index contributed by atoms with van der Waals surface area (Å²) in [5, 5.41) is 28.5. The first-order chi connectivity index (χ1) is 15.0. The summed E-state index contributed by atoms with van der Waals surface area (Å²) in [4.78, 5) is 15.5. The van der Waals surface area contributed by atoms with Crippen molar-refractivity contribution in [3.63, 3.8) is 0 Å². The SMILES string of the molecule is CC[C@H]1O[C@@](C#N)(c2ccc(C(C)=N)[nH]2)[C@H](O)[C@@H]1OC(=O)CC1CCC(C(F)(F)F)CC1. The Hall–Kier alpha value is -2.38. The van der Waals surface area contributed by atoms with E-state index in [1.54, 1.807) is 26.0 Å². The van der Waals surface area contributed by atoms with E-state index in [1.165, 1.54) is 0 Å². The lowest BCUT2D eigenvalue weighted by Crippen LogP contribution is -2.42. The number of carbonyl (C=O) groups excluding carboxylic acids is 1. The zero-order valence-electron chi connectivity index (χ0n) is 18.0. The molecule has 2 aliphatic rings. The maximum Gasteiger partial charge on any atom is 0.391 e. The van der Waals surface area contributed by atoms with Crippen LogP contribution in [0.5, 0.6) is 0 Å². The molecule has 0 amide bonds. The molecule has 176 valence electrons. The standard InChI is InChI=1S/C22H28F3N3O4/c1-3-16-19(31-18(29)10-13-4-6-14(7-5-13)22(23,24)25)20(30)21(11-26,32-16)17-9-8-15(28-17)12(2)27/h8-9,13-14,16,19-20,27-28,30H,3-7,10H2,1-2H3/t13?,14?,16-,19-,20-,21+/m1/s1. The van der Waals surface area contributed by atoms with Crippen LogP contribution in [0.2, 0.25) is 0 Å². The predicted molar refractivity (Wildman–Crippen MR) is 108 cm³/mol. The van der Waals surface area contributed by atoms with E-state index in [1.807, 2.05) is 6.07 Å². The first-order valence-electron chi connectivity index (χ1n) is 10.8. The Labute approximate surface area is 184 Å². The number of nitrogens with zero attached hydrogens (tertiary/aromatic N) is 1. The van der Waals surface area contributed by atoms with Gasteiger partial charge in [-0.1, -0.05) is 6.92 Å². The highest BCUT2D eigenvalue weighted by Crippen LogP contribution is 2.43. The van der Waals surface area contributed by atoms with Crippen LogP contribution < -0.4 is 0 Å². The van der Waals surface area contributed by atoms with Crippen LogP contribution in [0.25, 0.3) is 0 Å². The molecule has 1 aliphatic heterocycles.